The van der Waals surface area contributed by atoms with Gasteiger partial charge in [0, 0.05) is 17.7 Å². The van der Waals surface area contributed by atoms with Crippen molar-refractivity contribution in [3.63, 3.8) is 0 Å². The van der Waals surface area contributed by atoms with Gasteiger partial charge in [0.1, 0.15) is 11.5 Å². The van der Waals surface area contributed by atoms with Gasteiger partial charge in [0.05, 0.1) is 30.6 Å². The number of rotatable bonds is 5. The number of fused-ring (bicyclic) bond motifs is 1. The van der Waals surface area contributed by atoms with Crippen molar-refractivity contribution in [3.8, 4) is 22.8 Å². The average molecular weight is 478 g/mol. The van der Waals surface area contributed by atoms with E-state index in [4.69, 9.17) is 21.1 Å². The lowest BCUT2D eigenvalue weighted by atomic mass is 10.1. The molecular weight excluding hydrogens is 463 g/mol. The number of amides is 1. The number of hydrogen-bond donors (Lipinski definition) is 1. The van der Waals surface area contributed by atoms with E-state index in [2.05, 4.69) is 20.4 Å². The van der Waals surface area contributed by atoms with E-state index in [1.165, 1.54) is 26.4 Å². The highest BCUT2D eigenvalue weighted by atomic mass is 35.5. The first-order chi connectivity index (χ1) is 15.7. The summed E-state index contributed by atoms with van der Waals surface area (Å²) in [5.74, 6) is -1.32. The third-order valence-corrected chi connectivity index (χ3v) is 4.89. The van der Waals surface area contributed by atoms with Gasteiger partial charge >= 0.3 is 6.18 Å². The van der Waals surface area contributed by atoms with Crippen LogP contribution in [0.25, 0.3) is 17.0 Å². The van der Waals surface area contributed by atoms with Gasteiger partial charge in [0.2, 0.25) is 5.82 Å². The first-order valence-corrected chi connectivity index (χ1v) is 9.72. The number of carbonyl (C=O) groups excluding carboxylic acids is 1. The quantitative estimate of drug-likeness (QED) is 0.447. The van der Waals surface area contributed by atoms with Gasteiger partial charge in [-0.25, -0.2) is 4.98 Å². The summed E-state index contributed by atoms with van der Waals surface area (Å²) in [6, 6.07) is 12.0. The molecule has 2 aromatic heterocycles. The normalized spacial score (nSPS) is 11.5. The number of alkyl halides is 3. The zero-order chi connectivity index (χ0) is 23.8. The van der Waals surface area contributed by atoms with Gasteiger partial charge in [-0.3, -0.25) is 4.79 Å². The van der Waals surface area contributed by atoms with Gasteiger partial charge in [0.15, 0.2) is 5.69 Å². The number of ether oxygens (including phenoxy) is 2. The van der Waals surface area contributed by atoms with E-state index in [0.717, 1.165) is 6.07 Å². The topological polar surface area (TPSA) is 90.6 Å². The Balaban J connectivity index is 1.77. The van der Waals surface area contributed by atoms with Crippen LogP contribution in [0.2, 0.25) is 5.02 Å². The van der Waals surface area contributed by atoms with Crippen LogP contribution in [0.4, 0.5) is 18.9 Å². The Morgan fingerprint density at radius 1 is 1.03 bits per heavy atom. The fourth-order valence-corrected chi connectivity index (χ4v) is 3.29. The Kier molecular flexibility index (Phi) is 5.81. The van der Waals surface area contributed by atoms with Gasteiger partial charge in [-0.15, -0.1) is 5.10 Å². The molecule has 0 bridgehead atoms. The second-order valence-corrected chi connectivity index (χ2v) is 7.09. The number of benzene rings is 2. The molecule has 1 amide bonds. The van der Waals surface area contributed by atoms with Crippen LogP contribution >= 0.6 is 11.6 Å². The monoisotopic (exact) mass is 477 g/mol. The van der Waals surface area contributed by atoms with Gasteiger partial charge < -0.3 is 14.8 Å². The smallest absolute Gasteiger partial charge is 0.433 e. The van der Waals surface area contributed by atoms with Crippen molar-refractivity contribution in [1.29, 1.82) is 0 Å². The minimum Gasteiger partial charge on any atom is -0.495 e. The fraction of sp³-hybridized carbons (Fsp3) is 0.143. The van der Waals surface area contributed by atoms with Crippen molar-refractivity contribution >= 4 is 29.0 Å². The summed E-state index contributed by atoms with van der Waals surface area (Å²) in [4.78, 5) is 20.8. The number of carbonyl (C=O) groups is 1. The van der Waals surface area contributed by atoms with Gasteiger partial charge in [0.25, 0.3) is 11.7 Å². The third-order valence-electron chi connectivity index (χ3n) is 4.60. The summed E-state index contributed by atoms with van der Waals surface area (Å²) in [6.07, 6.45) is -4.76. The minimum absolute atomic E-state index is 0.0406. The van der Waals surface area contributed by atoms with Crippen molar-refractivity contribution in [2.45, 2.75) is 6.18 Å². The predicted octanol–water partition coefficient (Wildman–Crippen LogP) is 4.73. The van der Waals surface area contributed by atoms with Crippen molar-refractivity contribution < 1.29 is 27.4 Å². The van der Waals surface area contributed by atoms with Crippen LogP contribution in [-0.2, 0) is 6.18 Å². The molecular formula is C21H15ClF3N5O3. The molecule has 12 heteroatoms. The highest BCUT2D eigenvalue weighted by molar-refractivity contribution is 6.32. The number of nitrogens with one attached hydrogen (secondary N) is 1. The van der Waals surface area contributed by atoms with Crippen LogP contribution in [0.1, 0.15) is 16.3 Å². The number of halogens is 4. The van der Waals surface area contributed by atoms with Crippen LogP contribution in [0.15, 0.2) is 48.5 Å². The Morgan fingerprint density at radius 2 is 1.73 bits per heavy atom. The second kappa shape index (κ2) is 8.58. The molecule has 0 saturated heterocycles. The average Bonchev–Trinajstić information content (AvgIpc) is 3.23. The van der Waals surface area contributed by atoms with Crippen LogP contribution in [0, 0.1) is 0 Å². The van der Waals surface area contributed by atoms with Crippen molar-refractivity contribution in [2.75, 3.05) is 19.5 Å². The highest BCUT2D eigenvalue weighted by Crippen LogP contribution is 2.36. The summed E-state index contributed by atoms with van der Waals surface area (Å²) in [5, 5.41) is 6.48. The summed E-state index contributed by atoms with van der Waals surface area (Å²) in [6.45, 7) is 0. The minimum atomic E-state index is -4.76. The van der Waals surface area contributed by atoms with E-state index in [-0.39, 0.29) is 33.7 Å². The van der Waals surface area contributed by atoms with Crippen LogP contribution in [-0.4, -0.2) is 39.7 Å². The Hall–Kier alpha value is -3.86. The molecule has 2 aromatic carbocycles. The van der Waals surface area contributed by atoms with Gasteiger partial charge in [-0.1, -0.05) is 41.9 Å². The van der Waals surface area contributed by atoms with E-state index in [1.54, 1.807) is 30.3 Å². The molecule has 0 unspecified atom stereocenters. The van der Waals surface area contributed by atoms with E-state index in [0.29, 0.717) is 10.1 Å². The van der Waals surface area contributed by atoms with Crippen LogP contribution in [0.3, 0.4) is 0 Å². The van der Waals surface area contributed by atoms with E-state index in [9.17, 15) is 18.0 Å². The summed E-state index contributed by atoms with van der Waals surface area (Å²) in [7, 11) is 2.75. The van der Waals surface area contributed by atoms with Crippen molar-refractivity contribution in [1.82, 2.24) is 19.6 Å². The maximum Gasteiger partial charge on any atom is 0.433 e. The molecule has 4 rings (SSSR count). The summed E-state index contributed by atoms with van der Waals surface area (Å²) in [5.41, 5.74) is -0.461. The Labute approximate surface area is 189 Å². The van der Waals surface area contributed by atoms with Gasteiger partial charge in [-0.05, 0) is 6.07 Å². The van der Waals surface area contributed by atoms with Crippen molar-refractivity contribution in [2.24, 2.45) is 0 Å². The molecule has 0 aliphatic heterocycles. The molecule has 0 aliphatic carbocycles. The first kappa shape index (κ1) is 22.3. The number of methoxy groups -OCH3 is 2. The number of nitrogens with zero attached hydrogens (tertiary/aromatic N) is 4. The molecule has 0 radical (unpaired) electrons. The molecule has 0 spiro atoms. The van der Waals surface area contributed by atoms with Crippen LogP contribution < -0.4 is 14.8 Å². The molecule has 170 valence electrons. The summed E-state index contributed by atoms with van der Waals surface area (Å²) < 4.78 is 52.0. The first-order valence-electron chi connectivity index (χ1n) is 9.34. The Bertz CT molecular complexity index is 1340. The molecule has 4 aromatic rings. The lowest BCUT2D eigenvalue weighted by Crippen LogP contribution is -2.16. The lowest BCUT2D eigenvalue weighted by molar-refractivity contribution is -0.142. The van der Waals surface area contributed by atoms with Crippen molar-refractivity contribution in [3.05, 3.63) is 65.1 Å². The third kappa shape index (κ3) is 4.40. The lowest BCUT2D eigenvalue weighted by Gasteiger charge is -2.12. The predicted molar refractivity (Wildman–Crippen MR) is 114 cm³/mol. The molecule has 0 atom stereocenters. The zero-order valence-corrected chi connectivity index (χ0v) is 17.9. The number of anilines is 1. The van der Waals surface area contributed by atoms with Gasteiger partial charge in [-0.2, -0.15) is 22.7 Å². The Morgan fingerprint density at radius 3 is 2.36 bits per heavy atom. The molecule has 33 heavy (non-hydrogen) atoms. The van der Waals surface area contributed by atoms with E-state index >= 15 is 0 Å². The fourth-order valence-electron chi connectivity index (χ4n) is 3.06. The highest BCUT2D eigenvalue weighted by Gasteiger charge is 2.36. The van der Waals surface area contributed by atoms with Crippen LogP contribution in [0.5, 0.6) is 11.5 Å². The maximum absolute atomic E-state index is 13.7. The molecule has 2 heterocycles. The summed E-state index contributed by atoms with van der Waals surface area (Å²) >= 11 is 6.05. The van der Waals surface area contributed by atoms with E-state index in [1.807, 2.05) is 0 Å². The largest absolute Gasteiger partial charge is 0.495 e. The molecule has 0 saturated carbocycles. The zero-order valence-electron chi connectivity index (χ0n) is 17.1. The number of aromatic nitrogens is 4. The molecule has 8 nitrogen and oxygen atoms in total. The second-order valence-electron chi connectivity index (χ2n) is 6.68. The molecule has 1 N–H and O–H groups in total. The van der Waals surface area contributed by atoms with E-state index < -0.39 is 23.6 Å². The standard InChI is InChI=1S/C21H15ClF3N5O3/c1-32-15-9-14(16(33-2)8-12(15)22)26-19(31)18-28-20-27-13(11-6-4-3-5-7-11)10-17(21(23,24)25)30(20)29-18/h3-10H,1-2H3,(H,26,31). The molecule has 0 aliphatic rings. The SMILES string of the molecule is COc1cc(NC(=O)c2nc3nc(-c4ccccc4)cc(C(F)(F)F)n3n2)c(OC)cc1Cl. The maximum atomic E-state index is 13.7. The number of hydrogen-bond acceptors (Lipinski definition) is 6. The molecule has 0 fully saturated rings.